The maximum atomic E-state index is 6.35. The standard InChI is InChI=1S/C14H10BrCl2N3/c1-7-3-2-4-9-13(7)20(14(18)19-9)10-6-5-8(15)11(16)12(10)17/h2-6H,1H3,(H2,18,19). The molecule has 102 valence electrons. The number of fused-ring (bicyclic) bond motifs is 1. The van der Waals surface area contributed by atoms with Gasteiger partial charge in [-0.3, -0.25) is 4.57 Å². The van der Waals surface area contributed by atoms with Crippen LogP contribution in [0.2, 0.25) is 10.0 Å². The molecule has 0 atom stereocenters. The number of anilines is 1. The van der Waals surface area contributed by atoms with E-state index < -0.39 is 0 Å². The maximum Gasteiger partial charge on any atom is 0.205 e. The van der Waals surface area contributed by atoms with E-state index in [0.29, 0.717) is 21.7 Å². The molecule has 2 N–H and O–H groups in total. The largest absolute Gasteiger partial charge is 0.369 e. The minimum atomic E-state index is 0.384. The van der Waals surface area contributed by atoms with Crippen LogP contribution in [0, 0.1) is 6.92 Å². The van der Waals surface area contributed by atoms with Crippen molar-refractivity contribution < 1.29 is 0 Å². The van der Waals surface area contributed by atoms with E-state index in [2.05, 4.69) is 20.9 Å². The van der Waals surface area contributed by atoms with Crippen LogP contribution in [0.4, 0.5) is 5.95 Å². The lowest BCUT2D eigenvalue weighted by atomic mass is 10.2. The molecule has 3 aromatic rings. The molecule has 3 rings (SSSR count). The number of nitrogen functional groups attached to an aromatic ring is 1. The van der Waals surface area contributed by atoms with E-state index in [4.69, 9.17) is 28.9 Å². The molecule has 3 nitrogen and oxygen atoms in total. The summed E-state index contributed by atoms with van der Waals surface area (Å²) in [5.74, 6) is 0.384. The SMILES string of the molecule is Cc1cccc2nc(N)n(-c3ccc(Br)c(Cl)c3Cl)c12. The van der Waals surface area contributed by atoms with Crippen molar-refractivity contribution in [3.05, 3.63) is 50.4 Å². The summed E-state index contributed by atoms with van der Waals surface area (Å²) in [5, 5.41) is 0.897. The van der Waals surface area contributed by atoms with Gasteiger partial charge in [-0.1, -0.05) is 35.3 Å². The number of rotatable bonds is 1. The predicted molar refractivity (Wildman–Crippen MR) is 87.9 cm³/mol. The Kier molecular flexibility index (Phi) is 3.40. The molecule has 2 aromatic carbocycles. The topological polar surface area (TPSA) is 43.8 Å². The van der Waals surface area contributed by atoms with E-state index in [0.717, 1.165) is 21.1 Å². The molecule has 0 bridgehead atoms. The number of hydrogen-bond donors (Lipinski definition) is 1. The highest BCUT2D eigenvalue weighted by molar-refractivity contribution is 9.10. The molecule has 0 fully saturated rings. The first kappa shape index (κ1) is 13.7. The minimum Gasteiger partial charge on any atom is -0.369 e. The van der Waals surface area contributed by atoms with Crippen molar-refractivity contribution in [3.63, 3.8) is 0 Å². The third-order valence-electron chi connectivity index (χ3n) is 3.16. The Bertz CT molecular complexity index is 827. The quantitative estimate of drug-likeness (QED) is 0.613. The number of hydrogen-bond acceptors (Lipinski definition) is 2. The molecule has 0 radical (unpaired) electrons. The van der Waals surface area contributed by atoms with E-state index in [9.17, 15) is 0 Å². The lowest BCUT2D eigenvalue weighted by Crippen LogP contribution is -2.02. The Morgan fingerprint density at radius 2 is 1.90 bits per heavy atom. The number of nitrogens with zero attached hydrogens (tertiary/aromatic N) is 2. The van der Waals surface area contributed by atoms with Gasteiger partial charge in [-0.15, -0.1) is 0 Å². The molecule has 0 aliphatic heterocycles. The van der Waals surface area contributed by atoms with Crippen LogP contribution in [0.5, 0.6) is 0 Å². The molecule has 1 heterocycles. The molecule has 0 saturated carbocycles. The molecule has 20 heavy (non-hydrogen) atoms. The number of imidazole rings is 1. The lowest BCUT2D eigenvalue weighted by molar-refractivity contribution is 1.10. The summed E-state index contributed by atoms with van der Waals surface area (Å²) in [5.41, 5.74) is 9.60. The molecule has 0 spiro atoms. The molecular formula is C14H10BrCl2N3. The third kappa shape index (κ3) is 1.99. The van der Waals surface area contributed by atoms with E-state index in [1.807, 2.05) is 41.8 Å². The van der Waals surface area contributed by atoms with Crippen molar-refractivity contribution in [3.8, 4) is 5.69 Å². The normalized spacial score (nSPS) is 11.2. The van der Waals surface area contributed by atoms with Gasteiger partial charge >= 0.3 is 0 Å². The zero-order valence-electron chi connectivity index (χ0n) is 10.5. The highest BCUT2D eigenvalue weighted by Gasteiger charge is 2.16. The van der Waals surface area contributed by atoms with Crippen molar-refractivity contribution in [1.29, 1.82) is 0 Å². The first-order valence-electron chi connectivity index (χ1n) is 5.88. The smallest absolute Gasteiger partial charge is 0.205 e. The second kappa shape index (κ2) is 4.95. The van der Waals surface area contributed by atoms with Gasteiger partial charge in [0.15, 0.2) is 0 Å². The molecule has 6 heteroatoms. The van der Waals surface area contributed by atoms with Gasteiger partial charge in [0.1, 0.15) is 0 Å². The fourth-order valence-electron chi connectivity index (χ4n) is 2.24. The van der Waals surface area contributed by atoms with Gasteiger partial charge in [-0.2, -0.15) is 0 Å². The second-order valence-corrected chi connectivity index (χ2v) is 6.05. The van der Waals surface area contributed by atoms with Crippen LogP contribution in [0.1, 0.15) is 5.56 Å². The molecule has 0 aliphatic carbocycles. The second-order valence-electron chi connectivity index (χ2n) is 4.44. The van der Waals surface area contributed by atoms with Crippen LogP contribution in [-0.4, -0.2) is 9.55 Å². The number of nitrogens with two attached hydrogens (primary N) is 1. The van der Waals surface area contributed by atoms with Crippen LogP contribution < -0.4 is 5.73 Å². The van der Waals surface area contributed by atoms with Crippen LogP contribution in [0.15, 0.2) is 34.8 Å². The summed E-state index contributed by atoms with van der Waals surface area (Å²) >= 11 is 15.9. The van der Waals surface area contributed by atoms with Crippen LogP contribution in [0.3, 0.4) is 0 Å². The molecule has 1 aromatic heterocycles. The number of benzene rings is 2. The van der Waals surface area contributed by atoms with Gasteiger partial charge in [-0.25, -0.2) is 4.98 Å². The summed E-state index contributed by atoms with van der Waals surface area (Å²) in [6, 6.07) is 9.58. The minimum absolute atomic E-state index is 0.384. The third-order valence-corrected chi connectivity index (χ3v) is 4.92. The van der Waals surface area contributed by atoms with Crippen LogP contribution in [-0.2, 0) is 0 Å². The fourth-order valence-corrected chi connectivity index (χ4v) is 3.10. The average molecular weight is 371 g/mol. The van der Waals surface area contributed by atoms with Crippen molar-refractivity contribution in [2.45, 2.75) is 6.92 Å². The molecule has 0 amide bonds. The van der Waals surface area contributed by atoms with E-state index >= 15 is 0 Å². The van der Waals surface area contributed by atoms with Gasteiger partial charge in [-0.05, 0) is 46.6 Å². The van der Waals surface area contributed by atoms with Gasteiger partial charge in [0, 0.05) is 4.47 Å². The van der Waals surface area contributed by atoms with Gasteiger partial charge < -0.3 is 5.73 Å². The van der Waals surface area contributed by atoms with Gasteiger partial charge in [0.25, 0.3) is 0 Å². The van der Waals surface area contributed by atoms with Crippen LogP contribution >= 0.6 is 39.1 Å². The van der Waals surface area contributed by atoms with Crippen LogP contribution in [0.25, 0.3) is 16.7 Å². The Hall–Kier alpha value is -1.23. The number of halogens is 3. The van der Waals surface area contributed by atoms with E-state index in [1.54, 1.807) is 0 Å². The monoisotopic (exact) mass is 369 g/mol. The summed E-state index contributed by atoms with van der Waals surface area (Å²) in [4.78, 5) is 4.37. The molecule has 0 unspecified atom stereocenters. The summed E-state index contributed by atoms with van der Waals surface area (Å²) in [6.45, 7) is 2.01. The first-order valence-corrected chi connectivity index (χ1v) is 7.43. The lowest BCUT2D eigenvalue weighted by Gasteiger charge is -2.12. The van der Waals surface area contributed by atoms with Crippen molar-refractivity contribution in [2.75, 3.05) is 5.73 Å². The number of para-hydroxylation sites is 1. The Morgan fingerprint density at radius 1 is 1.15 bits per heavy atom. The number of aryl methyl sites for hydroxylation is 1. The molecule has 0 aliphatic rings. The Morgan fingerprint density at radius 3 is 2.65 bits per heavy atom. The summed E-state index contributed by atoms with van der Waals surface area (Å²) < 4.78 is 2.57. The maximum absolute atomic E-state index is 6.35. The van der Waals surface area contributed by atoms with Gasteiger partial charge in [0.2, 0.25) is 5.95 Å². The number of aromatic nitrogens is 2. The van der Waals surface area contributed by atoms with E-state index in [-0.39, 0.29) is 0 Å². The average Bonchev–Trinajstić information content (AvgIpc) is 2.74. The van der Waals surface area contributed by atoms with Crippen molar-refractivity contribution in [2.24, 2.45) is 0 Å². The zero-order valence-corrected chi connectivity index (χ0v) is 13.6. The van der Waals surface area contributed by atoms with Crippen molar-refractivity contribution in [1.82, 2.24) is 9.55 Å². The first-order chi connectivity index (χ1) is 9.50. The predicted octanol–water partition coefficient (Wildman–Crippen LogP) is 4.99. The van der Waals surface area contributed by atoms with Crippen molar-refractivity contribution >= 4 is 56.1 Å². The highest BCUT2D eigenvalue weighted by Crippen LogP contribution is 2.37. The molecule has 0 saturated heterocycles. The zero-order chi connectivity index (χ0) is 14.4. The fraction of sp³-hybridized carbons (Fsp3) is 0.0714. The summed E-state index contributed by atoms with van der Waals surface area (Å²) in [6.07, 6.45) is 0. The Labute approximate surface area is 134 Å². The highest BCUT2D eigenvalue weighted by atomic mass is 79.9. The Balaban J connectivity index is 2.41. The van der Waals surface area contributed by atoms with E-state index in [1.165, 1.54) is 0 Å². The molecular weight excluding hydrogens is 361 g/mol. The summed E-state index contributed by atoms with van der Waals surface area (Å²) in [7, 11) is 0. The van der Waals surface area contributed by atoms with Gasteiger partial charge in [0.05, 0.1) is 26.8 Å².